The van der Waals surface area contributed by atoms with Gasteiger partial charge in [0.15, 0.2) is 11.5 Å². The number of hydrogen-bond donors (Lipinski definition) is 2. The lowest BCUT2D eigenvalue weighted by Crippen LogP contribution is -2.19. The van der Waals surface area contributed by atoms with Crippen LogP contribution in [0.15, 0.2) is 39.2 Å². The molecular formula is C14H13BrN2O3S. The lowest BCUT2D eigenvalue weighted by molar-refractivity contribution is -0.120. The molecule has 2 rings (SSSR count). The Morgan fingerprint density at radius 2 is 2.38 bits per heavy atom. The van der Waals surface area contributed by atoms with Crippen molar-refractivity contribution >= 4 is 39.4 Å². The van der Waals surface area contributed by atoms with Crippen LogP contribution in [0.3, 0.4) is 0 Å². The highest BCUT2D eigenvalue weighted by molar-refractivity contribution is 9.10. The zero-order valence-corrected chi connectivity index (χ0v) is 13.6. The van der Waals surface area contributed by atoms with Crippen LogP contribution in [-0.4, -0.2) is 24.3 Å². The number of aromatic hydroxyl groups is 1. The number of phenols is 1. The molecule has 7 heteroatoms. The van der Waals surface area contributed by atoms with Gasteiger partial charge in [0.2, 0.25) is 5.91 Å². The summed E-state index contributed by atoms with van der Waals surface area (Å²) in [5.74, 6) is 0.172. The third-order valence-corrected chi connectivity index (χ3v) is 4.07. The van der Waals surface area contributed by atoms with Crippen molar-refractivity contribution in [2.75, 3.05) is 7.11 Å². The number of benzene rings is 1. The molecule has 0 spiro atoms. The standard InChI is InChI=1S/C14H13BrN2O3S/c1-20-12-6-9(5-11(15)14(12)19)8-16-17-13(18)7-10-3-2-4-21-10/h2-6,8,19H,7H2,1H3,(H,17,18). The summed E-state index contributed by atoms with van der Waals surface area (Å²) in [6, 6.07) is 7.09. The van der Waals surface area contributed by atoms with Gasteiger partial charge < -0.3 is 9.84 Å². The first-order valence-electron chi connectivity index (χ1n) is 6.01. The second-order valence-corrected chi connectivity index (χ2v) is 5.99. The third-order valence-electron chi connectivity index (χ3n) is 2.59. The first-order valence-corrected chi connectivity index (χ1v) is 7.68. The molecule has 2 aromatic rings. The van der Waals surface area contributed by atoms with Gasteiger partial charge in [0.1, 0.15) is 0 Å². The normalized spacial score (nSPS) is 10.8. The minimum Gasteiger partial charge on any atom is -0.503 e. The highest BCUT2D eigenvalue weighted by Crippen LogP contribution is 2.34. The summed E-state index contributed by atoms with van der Waals surface area (Å²) in [7, 11) is 1.46. The number of hydrazone groups is 1. The van der Waals surface area contributed by atoms with Crippen LogP contribution in [0, 0.1) is 0 Å². The Hall–Kier alpha value is -1.86. The summed E-state index contributed by atoms with van der Waals surface area (Å²) in [4.78, 5) is 12.6. The molecule has 0 aliphatic heterocycles. The van der Waals surface area contributed by atoms with E-state index in [1.165, 1.54) is 24.7 Å². The molecule has 1 aromatic heterocycles. The SMILES string of the molecule is COc1cc(C=NNC(=O)Cc2cccs2)cc(Br)c1O. The molecular weight excluding hydrogens is 356 g/mol. The van der Waals surface area contributed by atoms with Gasteiger partial charge in [-0.3, -0.25) is 4.79 Å². The van der Waals surface area contributed by atoms with Crippen molar-refractivity contribution in [3.63, 3.8) is 0 Å². The van der Waals surface area contributed by atoms with Crippen molar-refractivity contribution in [1.29, 1.82) is 0 Å². The maximum atomic E-state index is 11.7. The second-order valence-electron chi connectivity index (χ2n) is 4.10. The van der Waals surface area contributed by atoms with Crippen molar-refractivity contribution in [2.45, 2.75) is 6.42 Å². The molecule has 0 unspecified atom stereocenters. The predicted molar refractivity (Wildman–Crippen MR) is 86.1 cm³/mol. The number of nitrogens with zero attached hydrogens (tertiary/aromatic N) is 1. The molecule has 0 atom stereocenters. The molecule has 0 saturated carbocycles. The maximum Gasteiger partial charge on any atom is 0.245 e. The summed E-state index contributed by atoms with van der Waals surface area (Å²) in [5.41, 5.74) is 3.15. The van der Waals surface area contributed by atoms with E-state index >= 15 is 0 Å². The fourth-order valence-corrected chi connectivity index (χ4v) is 2.78. The number of carbonyl (C=O) groups excluding carboxylic acids is 1. The number of carbonyl (C=O) groups is 1. The van der Waals surface area contributed by atoms with Crippen LogP contribution in [0.2, 0.25) is 0 Å². The van der Waals surface area contributed by atoms with Gasteiger partial charge in [-0.25, -0.2) is 5.43 Å². The smallest absolute Gasteiger partial charge is 0.245 e. The fourth-order valence-electron chi connectivity index (χ4n) is 1.61. The van der Waals surface area contributed by atoms with Crippen LogP contribution in [0.4, 0.5) is 0 Å². The van der Waals surface area contributed by atoms with Gasteiger partial charge in [0.05, 0.1) is 24.2 Å². The molecule has 21 heavy (non-hydrogen) atoms. The fraction of sp³-hybridized carbons (Fsp3) is 0.143. The average Bonchev–Trinajstić information content (AvgIpc) is 2.95. The molecule has 0 bridgehead atoms. The number of ether oxygens (including phenoxy) is 1. The van der Waals surface area contributed by atoms with Gasteiger partial charge in [0.25, 0.3) is 0 Å². The lowest BCUT2D eigenvalue weighted by Gasteiger charge is -2.06. The maximum absolute atomic E-state index is 11.7. The first-order chi connectivity index (χ1) is 10.1. The number of hydrogen-bond acceptors (Lipinski definition) is 5. The van der Waals surface area contributed by atoms with Crippen LogP contribution < -0.4 is 10.2 Å². The van der Waals surface area contributed by atoms with E-state index in [9.17, 15) is 9.90 Å². The summed E-state index contributed by atoms with van der Waals surface area (Å²) < 4.78 is 5.53. The van der Waals surface area contributed by atoms with E-state index in [0.717, 1.165) is 4.88 Å². The summed E-state index contributed by atoms with van der Waals surface area (Å²) in [6.07, 6.45) is 1.79. The Kier molecular flexibility index (Phi) is 5.35. The molecule has 1 aromatic carbocycles. The second kappa shape index (κ2) is 7.24. The Bertz CT molecular complexity index is 656. The monoisotopic (exact) mass is 368 g/mol. The first kappa shape index (κ1) is 15.5. The zero-order valence-electron chi connectivity index (χ0n) is 11.2. The molecule has 0 radical (unpaired) electrons. The molecule has 0 aliphatic rings. The van der Waals surface area contributed by atoms with Crippen LogP contribution in [0.5, 0.6) is 11.5 Å². The van der Waals surface area contributed by atoms with E-state index < -0.39 is 0 Å². The number of phenolic OH excluding ortho intramolecular Hbond substituents is 1. The van der Waals surface area contributed by atoms with Crippen LogP contribution in [0.25, 0.3) is 0 Å². The number of methoxy groups -OCH3 is 1. The van der Waals surface area contributed by atoms with E-state index in [4.69, 9.17) is 4.74 Å². The summed E-state index contributed by atoms with van der Waals surface area (Å²) >= 11 is 4.75. The van der Waals surface area contributed by atoms with Crippen molar-refractivity contribution < 1.29 is 14.6 Å². The molecule has 5 nitrogen and oxygen atoms in total. The van der Waals surface area contributed by atoms with Crippen molar-refractivity contribution in [3.8, 4) is 11.5 Å². The van der Waals surface area contributed by atoms with Gasteiger partial charge in [0, 0.05) is 4.88 Å². The van der Waals surface area contributed by atoms with E-state index in [1.54, 1.807) is 12.1 Å². The number of nitrogens with one attached hydrogen (secondary N) is 1. The molecule has 0 fully saturated rings. The van der Waals surface area contributed by atoms with E-state index in [-0.39, 0.29) is 11.7 Å². The molecule has 0 aliphatic carbocycles. The highest BCUT2D eigenvalue weighted by atomic mass is 79.9. The predicted octanol–water partition coefficient (Wildman–Crippen LogP) is 2.92. The minimum absolute atomic E-state index is 0.0244. The highest BCUT2D eigenvalue weighted by Gasteiger charge is 2.07. The average molecular weight is 369 g/mol. The van der Waals surface area contributed by atoms with Crippen molar-refractivity contribution in [2.24, 2.45) is 5.10 Å². The zero-order chi connectivity index (χ0) is 15.2. The van der Waals surface area contributed by atoms with E-state index in [0.29, 0.717) is 22.2 Å². The minimum atomic E-state index is -0.182. The van der Waals surface area contributed by atoms with E-state index in [2.05, 4.69) is 26.5 Å². The number of rotatable bonds is 5. The number of amides is 1. The van der Waals surface area contributed by atoms with E-state index in [1.807, 2.05) is 17.5 Å². The van der Waals surface area contributed by atoms with Gasteiger partial charge in [-0.2, -0.15) is 5.10 Å². The largest absolute Gasteiger partial charge is 0.503 e. The third kappa shape index (κ3) is 4.30. The Labute approximate surface area is 134 Å². The number of halogens is 1. The van der Waals surface area contributed by atoms with Crippen LogP contribution in [0.1, 0.15) is 10.4 Å². The van der Waals surface area contributed by atoms with Gasteiger partial charge in [-0.15, -0.1) is 11.3 Å². The lowest BCUT2D eigenvalue weighted by atomic mass is 10.2. The van der Waals surface area contributed by atoms with Gasteiger partial charge in [-0.05, 0) is 45.1 Å². The molecule has 2 N–H and O–H groups in total. The molecule has 1 heterocycles. The van der Waals surface area contributed by atoms with Gasteiger partial charge in [-0.1, -0.05) is 6.07 Å². The molecule has 1 amide bonds. The van der Waals surface area contributed by atoms with Crippen molar-refractivity contribution in [3.05, 3.63) is 44.6 Å². The number of thiophene rings is 1. The van der Waals surface area contributed by atoms with Crippen LogP contribution in [-0.2, 0) is 11.2 Å². The summed E-state index contributed by atoms with van der Waals surface area (Å²) in [5, 5.41) is 15.5. The summed E-state index contributed by atoms with van der Waals surface area (Å²) in [6.45, 7) is 0. The Morgan fingerprint density at radius 1 is 1.57 bits per heavy atom. The topological polar surface area (TPSA) is 70.9 Å². The Morgan fingerprint density at radius 3 is 3.05 bits per heavy atom. The van der Waals surface area contributed by atoms with Crippen molar-refractivity contribution in [1.82, 2.24) is 5.43 Å². The van der Waals surface area contributed by atoms with Gasteiger partial charge >= 0.3 is 0 Å². The molecule has 0 saturated heterocycles. The quantitative estimate of drug-likeness (QED) is 0.629. The van der Waals surface area contributed by atoms with Crippen LogP contribution >= 0.6 is 27.3 Å². The molecule has 110 valence electrons. The Balaban J connectivity index is 1.98.